The number of nitrogens with two attached hydrogens (primary N) is 1. The Labute approximate surface area is 47.8 Å². The van der Waals surface area contributed by atoms with E-state index in [4.69, 9.17) is 10.8 Å². The summed E-state index contributed by atoms with van der Waals surface area (Å²) in [6.45, 7) is 1.38. The van der Waals surface area contributed by atoms with Crippen molar-refractivity contribution in [3.05, 3.63) is 11.6 Å². The van der Waals surface area contributed by atoms with Crippen molar-refractivity contribution in [2.45, 2.75) is 6.92 Å². The molecule has 0 atom stereocenters. The third-order valence-corrected chi connectivity index (χ3v) is 0.835. The molecule has 0 aromatic heterocycles. The van der Waals surface area contributed by atoms with E-state index < -0.39 is 5.91 Å². The average molecular weight is 115 g/mol. The van der Waals surface area contributed by atoms with Gasteiger partial charge in [-0.05, 0) is 6.92 Å². The molecule has 0 spiro atoms. The minimum atomic E-state index is -0.560. The molecular weight excluding hydrogens is 106 g/mol. The van der Waals surface area contributed by atoms with E-state index in [9.17, 15) is 4.79 Å². The first-order chi connectivity index (χ1) is 3.72. The molecule has 0 aromatic carbocycles. The molecule has 0 fully saturated rings. The second kappa shape index (κ2) is 3.21. The summed E-state index contributed by atoms with van der Waals surface area (Å²) in [5, 5.41) is 8.33. The van der Waals surface area contributed by atoms with Crippen LogP contribution in [0.3, 0.4) is 0 Å². The first-order valence-electron chi connectivity index (χ1n) is 2.28. The Balaban J connectivity index is 3.92. The summed E-state index contributed by atoms with van der Waals surface area (Å²) in [4.78, 5) is 10.2. The highest BCUT2D eigenvalue weighted by atomic mass is 16.3. The van der Waals surface area contributed by atoms with Crippen molar-refractivity contribution in [3.63, 3.8) is 0 Å². The standard InChI is InChI=1S/C5H9NO2/c1-2-4(3-7)5(6)8/h2,7H,3H2,1H3,(H2,6,8)/b4-2-. The highest BCUT2D eigenvalue weighted by molar-refractivity contribution is 5.91. The van der Waals surface area contributed by atoms with Gasteiger partial charge in [-0.2, -0.15) is 0 Å². The maximum atomic E-state index is 10.2. The van der Waals surface area contributed by atoms with Gasteiger partial charge in [0.1, 0.15) is 0 Å². The van der Waals surface area contributed by atoms with Crippen LogP contribution in [0.25, 0.3) is 0 Å². The van der Waals surface area contributed by atoms with Gasteiger partial charge in [0, 0.05) is 5.57 Å². The van der Waals surface area contributed by atoms with Crippen LogP contribution in [0.2, 0.25) is 0 Å². The summed E-state index contributed by atoms with van der Waals surface area (Å²) in [6, 6.07) is 0. The second-order valence-electron chi connectivity index (χ2n) is 1.34. The van der Waals surface area contributed by atoms with Gasteiger partial charge >= 0.3 is 0 Å². The van der Waals surface area contributed by atoms with Gasteiger partial charge in [-0.1, -0.05) is 6.08 Å². The van der Waals surface area contributed by atoms with Crippen LogP contribution in [0.4, 0.5) is 0 Å². The Hall–Kier alpha value is -0.830. The molecule has 0 saturated heterocycles. The zero-order chi connectivity index (χ0) is 6.57. The quantitative estimate of drug-likeness (QED) is 0.472. The minimum Gasteiger partial charge on any atom is -0.391 e. The summed E-state index contributed by atoms with van der Waals surface area (Å²) in [6.07, 6.45) is 1.49. The Morgan fingerprint density at radius 3 is 2.38 bits per heavy atom. The molecule has 46 valence electrons. The first-order valence-corrected chi connectivity index (χ1v) is 2.28. The molecule has 3 nitrogen and oxygen atoms in total. The summed E-state index contributed by atoms with van der Waals surface area (Å²) < 4.78 is 0. The number of hydrogen-bond acceptors (Lipinski definition) is 2. The van der Waals surface area contributed by atoms with Crippen molar-refractivity contribution < 1.29 is 9.90 Å². The smallest absolute Gasteiger partial charge is 0.246 e. The third kappa shape index (κ3) is 1.75. The largest absolute Gasteiger partial charge is 0.391 e. The molecular formula is C5H9NO2. The summed E-state index contributed by atoms with van der Waals surface area (Å²) in [5.74, 6) is -0.560. The van der Waals surface area contributed by atoms with E-state index in [0.29, 0.717) is 0 Å². The highest BCUT2D eigenvalue weighted by Crippen LogP contribution is 1.87. The van der Waals surface area contributed by atoms with E-state index in [1.165, 1.54) is 6.08 Å². The van der Waals surface area contributed by atoms with Crippen LogP contribution in [0.5, 0.6) is 0 Å². The van der Waals surface area contributed by atoms with E-state index in [1.807, 2.05) is 0 Å². The molecule has 3 N–H and O–H groups in total. The van der Waals surface area contributed by atoms with Crippen LogP contribution in [0, 0.1) is 0 Å². The maximum absolute atomic E-state index is 10.2. The predicted octanol–water partition coefficient (Wildman–Crippen LogP) is -0.590. The van der Waals surface area contributed by atoms with E-state index in [-0.39, 0.29) is 12.2 Å². The lowest BCUT2D eigenvalue weighted by molar-refractivity contribution is -0.114. The van der Waals surface area contributed by atoms with Gasteiger partial charge in [0.2, 0.25) is 5.91 Å². The van der Waals surface area contributed by atoms with Crippen molar-refractivity contribution in [2.75, 3.05) is 6.61 Å². The van der Waals surface area contributed by atoms with Gasteiger partial charge < -0.3 is 10.8 Å². The first kappa shape index (κ1) is 7.17. The van der Waals surface area contributed by atoms with E-state index in [0.717, 1.165) is 0 Å². The summed E-state index contributed by atoms with van der Waals surface area (Å²) in [5.41, 5.74) is 5.05. The zero-order valence-corrected chi connectivity index (χ0v) is 4.72. The lowest BCUT2D eigenvalue weighted by atomic mass is 10.3. The van der Waals surface area contributed by atoms with Gasteiger partial charge in [-0.25, -0.2) is 0 Å². The molecule has 3 heteroatoms. The molecule has 0 bridgehead atoms. The molecule has 1 amide bonds. The number of rotatable bonds is 2. The van der Waals surface area contributed by atoms with Gasteiger partial charge in [0.15, 0.2) is 0 Å². The molecule has 0 rings (SSSR count). The fourth-order valence-electron chi connectivity index (χ4n) is 0.311. The molecule has 0 heterocycles. The number of aliphatic hydroxyl groups excluding tert-OH is 1. The molecule has 0 saturated carbocycles. The normalized spacial score (nSPS) is 11.5. The Morgan fingerprint density at radius 1 is 1.88 bits per heavy atom. The van der Waals surface area contributed by atoms with Crippen molar-refractivity contribution in [1.82, 2.24) is 0 Å². The predicted molar refractivity (Wildman–Crippen MR) is 30.0 cm³/mol. The Kier molecular flexibility index (Phi) is 2.88. The van der Waals surface area contributed by atoms with E-state index >= 15 is 0 Å². The molecule has 0 aliphatic carbocycles. The number of allylic oxidation sites excluding steroid dienone is 1. The second-order valence-corrected chi connectivity index (χ2v) is 1.34. The van der Waals surface area contributed by atoms with Crippen LogP contribution < -0.4 is 5.73 Å². The summed E-state index contributed by atoms with van der Waals surface area (Å²) in [7, 11) is 0. The fourth-order valence-corrected chi connectivity index (χ4v) is 0.311. The Morgan fingerprint density at radius 2 is 2.38 bits per heavy atom. The van der Waals surface area contributed by atoms with E-state index in [1.54, 1.807) is 6.92 Å². The lowest BCUT2D eigenvalue weighted by Crippen LogP contribution is -2.15. The maximum Gasteiger partial charge on any atom is 0.246 e. The van der Waals surface area contributed by atoms with Crippen LogP contribution in [-0.4, -0.2) is 17.6 Å². The van der Waals surface area contributed by atoms with Crippen LogP contribution >= 0.6 is 0 Å². The SMILES string of the molecule is C/C=C(/CO)C(N)=O. The van der Waals surface area contributed by atoms with Crippen molar-refractivity contribution >= 4 is 5.91 Å². The number of hydrogen-bond donors (Lipinski definition) is 2. The average Bonchev–Trinajstić information content (AvgIpc) is 1.69. The molecule has 8 heavy (non-hydrogen) atoms. The Bertz CT molecular complexity index is 118. The lowest BCUT2D eigenvalue weighted by Gasteiger charge is -1.92. The van der Waals surface area contributed by atoms with Crippen molar-refractivity contribution in [2.24, 2.45) is 5.73 Å². The summed E-state index contributed by atoms with van der Waals surface area (Å²) >= 11 is 0. The monoisotopic (exact) mass is 115 g/mol. The number of amides is 1. The molecule has 0 unspecified atom stereocenters. The van der Waals surface area contributed by atoms with Gasteiger partial charge in [-0.3, -0.25) is 4.79 Å². The number of carbonyl (C=O) groups excluding carboxylic acids is 1. The zero-order valence-electron chi connectivity index (χ0n) is 4.72. The molecule has 0 aliphatic heterocycles. The topological polar surface area (TPSA) is 63.3 Å². The number of primary amides is 1. The third-order valence-electron chi connectivity index (χ3n) is 0.835. The van der Waals surface area contributed by atoms with Crippen molar-refractivity contribution in [1.29, 1.82) is 0 Å². The van der Waals surface area contributed by atoms with Gasteiger partial charge in [0.25, 0.3) is 0 Å². The number of aliphatic hydroxyl groups is 1. The number of carbonyl (C=O) groups is 1. The van der Waals surface area contributed by atoms with Gasteiger partial charge in [0.05, 0.1) is 6.61 Å². The fraction of sp³-hybridized carbons (Fsp3) is 0.400. The van der Waals surface area contributed by atoms with Crippen LogP contribution in [0.15, 0.2) is 11.6 Å². The van der Waals surface area contributed by atoms with Crippen LogP contribution in [-0.2, 0) is 4.79 Å². The molecule has 0 aliphatic rings. The molecule has 0 aromatic rings. The molecule has 0 radical (unpaired) electrons. The van der Waals surface area contributed by atoms with E-state index in [2.05, 4.69) is 0 Å². The van der Waals surface area contributed by atoms with Crippen LogP contribution in [0.1, 0.15) is 6.92 Å². The van der Waals surface area contributed by atoms with Crippen molar-refractivity contribution in [3.8, 4) is 0 Å². The highest BCUT2D eigenvalue weighted by Gasteiger charge is 1.97. The van der Waals surface area contributed by atoms with Gasteiger partial charge in [-0.15, -0.1) is 0 Å². The minimum absolute atomic E-state index is 0.255.